The number of halogens is 3. The summed E-state index contributed by atoms with van der Waals surface area (Å²) in [6, 6.07) is 4.27. The number of hydrogen-bond acceptors (Lipinski definition) is 1. The molecule has 1 aromatic rings. The highest BCUT2D eigenvalue weighted by atomic mass is 19.4. The van der Waals surface area contributed by atoms with Crippen molar-refractivity contribution in [3.8, 4) is 0 Å². The van der Waals surface area contributed by atoms with Gasteiger partial charge in [-0.05, 0) is 19.2 Å². The van der Waals surface area contributed by atoms with Gasteiger partial charge in [0.1, 0.15) is 0 Å². The van der Waals surface area contributed by atoms with E-state index in [0.29, 0.717) is 0 Å². The molecule has 1 atom stereocenters. The Bertz CT molecular complexity index is 313. The van der Waals surface area contributed by atoms with E-state index >= 15 is 0 Å². The highest BCUT2D eigenvalue weighted by molar-refractivity contribution is 5.31. The minimum atomic E-state index is -4.36. The molecule has 1 unspecified atom stereocenters. The first-order valence-corrected chi connectivity index (χ1v) is 4.04. The third-order valence-corrected chi connectivity index (χ3v) is 1.89. The molecule has 0 radical (unpaired) electrons. The summed E-state index contributed by atoms with van der Waals surface area (Å²) in [6.45, 7) is 4.77. The lowest BCUT2D eigenvalue weighted by molar-refractivity contribution is -0.148. The Morgan fingerprint density at radius 3 is 2.07 bits per heavy atom. The van der Waals surface area contributed by atoms with E-state index in [0.717, 1.165) is 5.56 Å². The van der Waals surface area contributed by atoms with Crippen LogP contribution in [0.4, 0.5) is 13.2 Å². The molecule has 0 bridgehead atoms. The molecule has 0 aliphatic heterocycles. The fourth-order valence-corrected chi connectivity index (χ4v) is 1.15. The van der Waals surface area contributed by atoms with Crippen LogP contribution in [-0.4, -0.2) is 12.9 Å². The number of rotatable bonds is 2. The first kappa shape index (κ1) is 10.8. The molecule has 0 aliphatic rings. The quantitative estimate of drug-likeness (QED) is 0.651. The molecule has 0 saturated heterocycles. The lowest BCUT2D eigenvalue weighted by Crippen LogP contribution is -2.18. The van der Waals surface area contributed by atoms with Gasteiger partial charge in [-0.3, -0.25) is 4.99 Å². The fraction of sp³-hybridized carbons (Fsp3) is 0.300. The van der Waals surface area contributed by atoms with Crippen LogP contribution in [0.5, 0.6) is 0 Å². The number of aliphatic imine (C=N–C) groups is 1. The van der Waals surface area contributed by atoms with Crippen molar-refractivity contribution >= 4 is 6.72 Å². The molecule has 0 spiro atoms. The number of nitrogens with zero attached hydrogens (tertiary/aromatic N) is 1. The summed E-state index contributed by atoms with van der Waals surface area (Å²) < 4.78 is 37.1. The molecule has 4 heteroatoms. The molecule has 1 rings (SSSR count). The van der Waals surface area contributed by atoms with E-state index in [9.17, 15) is 13.2 Å². The fourth-order valence-electron chi connectivity index (χ4n) is 1.15. The molecule has 0 N–H and O–H groups in total. The zero-order chi connectivity index (χ0) is 10.8. The first-order chi connectivity index (χ1) is 6.45. The van der Waals surface area contributed by atoms with Gasteiger partial charge in [0.05, 0.1) is 0 Å². The highest BCUT2D eigenvalue weighted by Crippen LogP contribution is 2.35. The molecule has 1 nitrogen and oxygen atoms in total. The number of hydrogen-bond donors (Lipinski definition) is 0. The van der Waals surface area contributed by atoms with Gasteiger partial charge in [-0.2, -0.15) is 13.2 Å². The van der Waals surface area contributed by atoms with Crippen molar-refractivity contribution in [1.29, 1.82) is 0 Å². The van der Waals surface area contributed by atoms with E-state index in [1.54, 1.807) is 12.1 Å². The van der Waals surface area contributed by atoms with Crippen molar-refractivity contribution in [2.45, 2.75) is 19.1 Å². The van der Waals surface area contributed by atoms with Gasteiger partial charge in [-0.1, -0.05) is 29.8 Å². The van der Waals surface area contributed by atoms with Gasteiger partial charge >= 0.3 is 6.18 Å². The van der Waals surface area contributed by atoms with Gasteiger partial charge in [0, 0.05) is 0 Å². The maximum absolute atomic E-state index is 12.4. The second-order valence-corrected chi connectivity index (χ2v) is 3.04. The lowest BCUT2D eigenvalue weighted by Gasteiger charge is -2.15. The summed E-state index contributed by atoms with van der Waals surface area (Å²) in [4.78, 5) is 3.08. The van der Waals surface area contributed by atoms with Crippen LogP contribution in [0, 0.1) is 6.92 Å². The van der Waals surface area contributed by atoms with Gasteiger partial charge < -0.3 is 0 Å². The first-order valence-electron chi connectivity index (χ1n) is 4.04. The van der Waals surface area contributed by atoms with Gasteiger partial charge in [-0.15, -0.1) is 0 Å². The van der Waals surface area contributed by atoms with Gasteiger partial charge in [0.15, 0.2) is 6.04 Å². The van der Waals surface area contributed by atoms with Crippen LogP contribution >= 0.6 is 0 Å². The monoisotopic (exact) mass is 201 g/mol. The standard InChI is InChI=1S/C10H10F3N/c1-7-3-5-8(6-4-7)9(14-2)10(11,12)13/h3-6,9H,2H2,1H3. The summed E-state index contributed by atoms with van der Waals surface area (Å²) in [6.07, 6.45) is -4.36. The Balaban J connectivity index is 3.02. The van der Waals surface area contributed by atoms with Crippen molar-refractivity contribution in [2.24, 2.45) is 4.99 Å². The van der Waals surface area contributed by atoms with Crippen molar-refractivity contribution in [1.82, 2.24) is 0 Å². The average Bonchev–Trinajstić information content (AvgIpc) is 2.07. The highest BCUT2D eigenvalue weighted by Gasteiger charge is 2.39. The average molecular weight is 201 g/mol. The van der Waals surface area contributed by atoms with Crippen LogP contribution in [0.3, 0.4) is 0 Å². The van der Waals surface area contributed by atoms with E-state index in [1.165, 1.54) is 12.1 Å². The van der Waals surface area contributed by atoms with Crippen LogP contribution in [0.1, 0.15) is 17.2 Å². The summed E-state index contributed by atoms with van der Waals surface area (Å²) in [5.41, 5.74) is 1.04. The molecule has 14 heavy (non-hydrogen) atoms. The van der Waals surface area contributed by atoms with Crippen molar-refractivity contribution < 1.29 is 13.2 Å². The van der Waals surface area contributed by atoms with Crippen molar-refractivity contribution in [2.75, 3.05) is 0 Å². The van der Waals surface area contributed by atoms with Crippen LogP contribution in [-0.2, 0) is 0 Å². The number of benzene rings is 1. The number of aryl methyl sites for hydroxylation is 1. The smallest absolute Gasteiger partial charge is 0.283 e. The van der Waals surface area contributed by atoms with Crippen LogP contribution in [0.15, 0.2) is 29.3 Å². The van der Waals surface area contributed by atoms with Crippen LogP contribution in [0.2, 0.25) is 0 Å². The molecule has 1 aromatic carbocycles. The van der Waals surface area contributed by atoms with E-state index in [4.69, 9.17) is 0 Å². The molecule has 0 amide bonds. The van der Waals surface area contributed by atoms with Crippen LogP contribution < -0.4 is 0 Å². The lowest BCUT2D eigenvalue weighted by atomic mass is 10.1. The van der Waals surface area contributed by atoms with E-state index in [1.807, 2.05) is 6.92 Å². The summed E-state index contributed by atoms with van der Waals surface area (Å²) in [5, 5.41) is 0. The number of alkyl halides is 3. The largest absolute Gasteiger partial charge is 0.414 e. The minimum Gasteiger partial charge on any atom is -0.283 e. The Morgan fingerprint density at radius 2 is 1.71 bits per heavy atom. The van der Waals surface area contributed by atoms with Crippen molar-refractivity contribution in [3.05, 3.63) is 35.4 Å². The summed E-state index contributed by atoms with van der Waals surface area (Å²) in [7, 11) is 0. The predicted molar refractivity (Wildman–Crippen MR) is 49.5 cm³/mol. The van der Waals surface area contributed by atoms with Crippen LogP contribution in [0.25, 0.3) is 0 Å². The molecule has 0 aromatic heterocycles. The second kappa shape index (κ2) is 3.82. The maximum Gasteiger partial charge on any atom is 0.414 e. The normalized spacial score (nSPS) is 13.7. The minimum absolute atomic E-state index is 0.123. The van der Waals surface area contributed by atoms with E-state index in [2.05, 4.69) is 11.7 Å². The van der Waals surface area contributed by atoms with Gasteiger partial charge in [-0.25, -0.2) is 0 Å². The van der Waals surface area contributed by atoms with Crippen molar-refractivity contribution in [3.63, 3.8) is 0 Å². The van der Waals surface area contributed by atoms with Gasteiger partial charge in [0.25, 0.3) is 0 Å². The molecule has 76 valence electrons. The summed E-state index contributed by atoms with van der Waals surface area (Å²) >= 11 is 0. The molecular weight excluding hydrogens is 191 g/mol. The van der Waals surface area contributed by atoms with E-state index in [-0.39, 0.29) is 5.56 Å². The molecule has 0 fully saturated rings. The Morgan fingerprint density at radius 1 is 1.21 bits per heavy atom. The molecule has 0 heterocycles. The third-order valence-electron chi connectivity index (χ3n) is 1.89. The molecular formula is C10H10F3N. The SMILES string of the molecule is C=NC(c1ccc(C)cc1)C(F)(F)F. The predicted octanol–water partition coefficient (Wildman–Crippen LogP) is 3.30. The van der Waals surface area contributed by atoms with Gasteiger partial charge in [0.2, 0.25) is 0 Å². The third kappa shape index (κ3) is 2.34. The maximum atomic E-state index is 12.4. The Hall–Kier alpha value is -1.32. The second-order valence-electron chi connectivity index (χ2n) is 3.04. The molecule has 0 saturated carbocycles. The Kier molecular flexibility index (Phi) is 2.93. The molecule has 0 aliphatic carbocycles. The summed E-state index contributed by atoms with van der Waals surface area (Å²) in [5.74, 6) is 0. The topological polar surface area (TPSA) is 12.4 Å². The van der Waals surface area contributed by atoms with E-state index < -0.39 is 12.2 Å². The zero-order valence-corrected chi connectivity index (χ0v) is 7.67. The Labute approximate surface area is 80.3 Å². The zero-order valence-electron chi connectivity index (χ0n) is 7.67.